The van der Waals surface area contributed by atoms with Crippen molar-refractivity contribution in [2.45, 2.75) is 24.7 Å². The average molecular weight is 332 g/mol. The predicted octanol–water partition coefficient (Wildman–Crippen LogP) is 2.73. The SMILES string of the molecule is CC(C)c1ccc(NC(=O)CNS(=O)(=O)c2ccccc2)cc1. The van der Waals surface area contributed by atoms with E-state index in [2.05, 4.69) is 23.9 Å². The molecule has 23 heavy (non-hydrogen) atoms. The van der Waals surface area contributed by atoms with E-state index in [1.807, 2.05) is 12.1 Å². The van der Waals surface area contributed by atoms with Gasteiger partial charge in [-0.2, -0.15) is 0 Å². The molecule has 2 aromatic rings. The fourth-order valence-electron chi connectivity index (χ4n) is 2.00. The van der Waals surface area contributed by atoms with Crippen molar-refractivity contribution in [3.63, 3.8) is 0 Å². The first-order valence-corrected chi connectivity index (χ1v) is 8.81. The van der Waals surface area contributed by atoms with Gasteiger partial charge in [-0.05, 0) is 35.7 Å². The van der Waals surface area contributed by atoms with E-state index in [1.165, 1.54) is 17.7 Å². The first kappa shape index (κ1) is 17.2. The van der Waals surface area contributed by atoms with E-state index in [0.717, 1.165) is 0 Å². The highest BCUT2D eigenvalue weighted by Gasteiger charge is 2.14. The maximum atomic E-state index is 12.0. The molecule has 0 heterocycles. The number of carbonyl (C=O) groups excluding carboxylic acids is 1. The van der Waals surface area contributed by atoms with Gasteiger partial charge in [0.15, 0.2) is 0 Å². The van der Waals surface area contributed by atoms with Crippen LogP contribution in [0, 0.1) is 0 Å². The summed E-state index contributed by atoms with van der Waals surface area (Å²) in [4.78, 5) is 12.0. The molecule has 0 atom stereocenters. The number of anilines is 1. The number of sulfonamides is 1. The van der Waals surface area contributed by atoms with Gasteiger partial charge >= 0.3 is 0 Å². The van der Waals surface area contributed by atoms with E-state index in [0.29, 0.717) is 11.6 Å². The molecule has 6 heteroatoms. The lowest BCUT2D eigenvalue weighted by Gasteiger charge is -2.09. The van der Waals surface area contributed by atoms with Crippen LogP contribution in [-0.4, -0.2) is 20.9 Å². The van der Waals surface area contributed by atoms with Crippen molar-refractivity contribution >= 4 is 21.6 Å². The van der Waals surface area contributed by atoms with Crippen molar-refractivity contribution in [3.8, 4) is 0 Å². The molecular weight excluding hydrogens is 312 g/mol. The summed E-state index contributed by atoms with van der Waals surface area (Å²) in [5.74, 6) is -0.000707. The van der Waals surface area contributed by atoms with Gasteiger partial charge in [-0.25, -0.2) is 13.1 Å². The zero-order valence-electron chi connectivity index (χ0n) is 13.1. The molecule has 0 saturated carbocycles. The molecule has 0 radical (unpaired) electrons. The Bertz CT molecular complexity index is 754. The third kappa shape index (κ3) is 4.91. The molecule has 0 unspecified atom stereocenters. The second-order valence-corrected chi connectivity index (χ2v) is 7.23. The molecule has 0 aliphatic heterocycles. The fourth-order valence-corrected chi connectivity index (χ4v) is 3.00. The summed E-state index contributed by atoms with van der Waals surface area (Å²) >= 11 is 0. The number of rotatable bonds is 6. The zero-order chi connectivity index (χ0) is 16.9. The minimum Gasteiger partial charge on any atom is -0.325 e. The Hall–Kier alpha value is -2.18. The maximum Gasteiger partial charge on any atom is 0.241 e. The van der Waals surface area contributed by atoms with Gasteiger partial charge in [0.25, 0.3) is 0 Å². The Morgan fingerprint density at radius 2 is 1.61 bits per heavy atom. The number of hydrogen-bond acceptors (Lipinski definition) is 3. The topological polar surface area (TPSA) is 75.3 Å². The molecule has 5 nitrogen and oxygen atoms in total. The molecule has 0 bridgehead atoms. The van der Waals surface area contributed by atoms with Gasteiger partial charge in [-0.1, -0.05) is 44.2 Å². The van der Waals surface area contributed by atoms with Gasteiger partial charge < -0.3 is 5.32 Å². The first-order valence-electron chi connectivity index (χ1n) is 7.33. The van der Waals surface area contributed by atoms with Crippen LogP contribution >= 0.6 is 0 Å². The van der Waals surface area contributed by atoms with Crippen molar-refractivity contribution in [1.29, 1.82) is 0 Å². The third-order valence-corrected chi connectivity index (χ3v) is 4.75. The molecule has 2 rings (SSSR count). The molecule has 2 N–H and O–H groups in total. The largest absolute Gasteiger partial charge is 0.325 e. The average Bonchev–Trinajstić information content (AvgIpc) is 2.54. The van der Waals surface area contributed by atoms with Crippen LogP contribution in [0.25, 0.3) is 0 Å². The van der Waals surface area contributed by atoms with Gasteiger partial charge in [0.05, 0.1) is 11.4 Å². The van der Waals surface area contributed by atoms with E-state index >= 15 is 0 Å². The van der Waals surface area contributed by atoms with Crippen LogP contribution in [0.5, 0.6) is 0 Å². The molecule has 0 spiro atoms. The molecule has 122 valence electrons. The van der Waals surface area contributed by atoms with Crippen LogP contribution < -0.4 is 10.0 Å². The molecule has 0 aliphatic carbocycles. The Morgan fingerprint density at radius 3 is 2.17 bits per heavy atom. The Balaban J connectivity index is 1.92. The predicted molar refractivity (Wildman–Crippen MR) is 90.8 cm³/mol. The van der Waals surface area contributed by atoms with Gasteiger partial charge in [0, 0.05) is 5.69 Å². The smallest absolute Gasteiger partial charge is 0.241 e. The second kappa shape index (κ2) is 7.39. The molecule has 0 fully saturated rings. The van der Waals surface area contributed by atoms with Gasteiger partial charge in [-0.3, -0.25) is 4.79 Å². The van der Waals surface area contributed by atoms with E-state index in [4.69, 9.17) is 0 Å². The van der Waals surface area contributed by atoms with Crippen LogP contribution in [0.4, 0.5) is 5.69 Å². The summed E-state index contributed by atoms with van der Waals surface area (Å²) in [7, 11) is -3.68. The molecule has 1 amide bonds. The van der Waals surface area contributed by atoms with E-state index in [1.54, 1.807) is 30.3 Å². The standard InChI is InChI=1S/C17H20N2O3S/c1-13(2)14-8-10-15(11-9-14)19-17(20)12-18-23(21,22)16-6-4-3-5-7-16/h3-11,13,18H,12H2,1-2H3,(H,19,20). The van der Waals surface area contributed by atoms with Crippen molar-refractivity contribution in [2.75, 3.05) is 11.9 Å². The van der Waals surface area contributed by atoms with E-state index < -0.39 is 15.9 Å². The molecule has 0 saturated heterocycles. The lowest BCUT2D eigenvalue weighted by molar-refractivity contribution is -0.115. The summed E-state index contributed by atoms with van der Waals surface area (Å²) in [6, 6.07) is 15.4. The zero-order valence-corrected chi connectivity index (χ0v) is 13.9. The summed E-state index contributed by atoms with van der Waals surface area (Å²) in [5.41, 5.74) is 1.81. The number of nitrogens with one attached hydrogen (secondary N) is 2. The molecule has 0 aliphatic rings. The minimum atomic E-state index is -3.68. The fraction of sp³-hybridized carbons (Fsp3) is 0.235. The highest BCUT2D eigenvalue weighted by molar-refractivity contribution is 7.89. The summed E-state index contributed by atoms with van der Waals surface area (Å²) in [6.07, 6.45) is 0. The number of carbonyl (C=O) groups is 1. The quantitative estimate of drug-likeness (QED) is 0.854. The molecule has 2 aromatic carbocycles. The van der Waals surface area contributed by atoms with Crippen molar-refractivity contribution in [2.24, 2.45) is 0 Å². The number of amides is 1. The van der Waals surface area contributed by atoms with E-state index in [9.17, 15) is 13.2 Å². The monoisotopic (exact) mass is 332 g/mol. The number of hydrogen-bond donors (Lipinski definition) is 2. The summed E-state index contributed by atoms with van der Waals surface area (Å²) < 4.78 is 26.3. The number of benzene rings is 2. The van der Waals surface area contributed by atoms with Crippen LogP contribution in [0.2, 0.25) is 0 Å². The summed E-state index contributed by atoms with van der Waals surface area (Å²) in [5, 5.41) is 2.67. The van der Waals surface area contributed by atoms with Crippen LogP contribution in [0.1, 0.15) is 25.3 Å². The van der Waals surface area contributed by atoms with Crippen LogP contribution in [0.3, 0.4) is 0 Å². The first-order chi connectivity index (χ1) is 10.9. The van der Waals surface area contributed by atoms with Crippen LogP contribution in [0.15, 0.2) is 59.5 Å². The minimum absolute atomic E-state index is 0.133. The van der Waals surface area contributed by atoms with Crippen molar-refractivity contribution in [1.82, 2.24) is 4.72 Å². The van der Waals surface area contributed by atoms with Gasteiger partial charge in [-0.15, -0.1) is 0 Å². The third-order valence-electron chi connectivity index (χ3n) is 3.34. The van der Waals surface area contributed by atoms with Crippen LogP contribution in [-0.2, 0) is 14.8 Å². The normalized spacial score (nSPS) is 11.4. The van der Waals surface area contributed by atoms with Gasteiger partial charge in [0.1, 0.15) is 0 Å². The lowest BCUT2D eigenvalue weighted by Crippen LogP contribution is -2.32. The van der Waals surface area contributed by atoms with Gasteiger partial charge in [0.2, 0.25) is 15.9 Å². The van der Waals surface area contributed by atoms with Crippen molar-refractivity contribution < 1.29 is 13.2 Å². The Labute approximate surface area is 136 Å². The van der Waals surface area contributed by atoms with E-state index in [-0.39, 0.29) is 11.4 Å². The summed E-state index contributed by atoms with van der Waals surface area (Å²) in [6.45, 7) is 3.86. The molecule has 0 aromatic heterocycles. The molecular formula is C17H20N2O3S. The Morgan fingerprint density at radius 1 is 1.00 bits per heavy atom. The lowest BCUT2D eigenvalue weighted by atomic mass is 10.0. The highest BCUT2D eigenvalue weighted by Crippen LogP contribution is 2.17. The second-order valence-electron chi connectivity index (χ2n) is 5.46. The highest BCUT2D eigenvalue weighted by atomic mass is 32.2. The maximum absolute atomic E-state index is 12.0. The Kier molecular flexibility index (Phi) is 5.52. The van der Waals surface area contributed by atoms with Crippen molar-refractivity contribution in [3.05, 3.63) is 60.2 Å².